The molecule has 0 aromatic rings. The normalized spacial score (nSPS) is 10.3. The van der Waals surface area contributed by atoms with Crippen LogP contribution < -0.4 is 0 Å². The second-order valence-electron chi connectivity index (χ2n) is 3.03. The van der Waals surface area contributed by atoms with Gasteiger partial charge < -0.3 is 4.74 Å². The fourth-order valence-corrected chi connectivity index (χ4v) is 1.82. The maximum atomic E-state index is 11.3. The van der Waals surface area contributed by atoms with Gasteiger partial charge in [-0.3, -0.25) is 9.69 Å². The molecule has 4 heteroatoms. The summed E-state index contributed by atoms with van der Waals surface area (Å²) in [6.45, 7) is 10.1. The maximum Gasteiger partial charge on any atom is 0.320 e. The maximum absolute atomic E-state index is 11.3. The predicted octanol–water partition coefficient (Wildman–Crippen LogP) is 1.79. The van der Waals surface area contributed by atoms with Gasteiger partial charge in [0.05, 0.1) is 13.2 Å². The van der Waals surface area contributed by atoms with Gasteiger partial charge in [-0.05, 0) is 12.7 Å². The number of esters is 1. The SMILES string of the molecule is C=CCN(CCSCC)CC(=O)OCC. The molecule has 15 heavy (non-hydrogen) atoms. The number of carbonyl (C=O) groups excluding carboxylic acids is 1. The second-order valence-corrected chi connectivity index (χ2v) is 4.42. The van der Waals surface area contributed by atoms with E-state index in [0.717, 1.165) is 24.6 Å². The van der Waals surface area contributed by atoms with Crippen LogP contribution in [0, 0.1) is 0 Å². The molecule has 0 N–H and O–H groups in total. The molecule has 0 radical (unpaired) electrons. The number of rotatable bonds is 9. The van der Waals surface area contributed by atoms with Crippen LogP contribution in [0.4, 0.5) is 0 Å². The van der Waals surface area contributed by atoms with E-state index in [1.807, 2.05) is 29.7 Å². The Morgan fingerprint density at radius 1 is 1.53 bits per heavy atom. The molecule has 0 amide bonds. The third-order valence-corrected chi connectivity index (χ3v) is 2.68. The second kappa shape index (κ2) is 10.1. The summed E-state index contributed by atoms with van der Waals surface area (Å²) in [4.78, 5) is 13.3. The summed E-state index contributed by atoms with van der Waals surface area (Å²) in [5.74, 6) is 2.01. The Kier molecular flexibility index (Phi) is 9.73. The Labute approximate surface area is 96.9 Å². The van der Waals surface area contributed by atoms with Crippen LogP contribution >= 0.6 is 11.8 Å². The third kappa shape index (κ3) is 8.51. The van der Waals surface area contributed by atoms with Crippen LogP contribution in [0.3, 0.4) is 0 Å². The fraction of sp³-hybridized carbons (Fsp3) is 0.727. The van der Waals surface area contributed by atoms with E-state index in [0.29, 0.717) is 13.2 Å². The Bertz CT molecular complexity index is 185. The summed E-state index contributed by atoms with van der Waals surface area (Å²) < 4.78 is 4.90. The summed E-state index contributed by atoms with van der Waals surface area (Å²) in [5, 5.41) is 0. The van der Waals surface area contributed by atoms with Crippen molar-refractivity contribution < 1.29 is 9.53 Å². The van der Waals surface area contributed by atoms with Crippen LogP contribution in [0.2, 0.25) is 0 Å². The highest BCUT2D eigenvalue weighted by Crippen LogP contribution is 2.00. The number of carbonyl (C=O) groups is 1. The minimum atomic E-state index is -0.152. The zero-order chi connectivity index (χ0) is 11.5. The van der Waals surface area contributed by atoms with Crippen molar-refractivity contribution in [2.24, 2.45) is 0 Å². The fourth-order valence-electron chi connectivity index (χ4n) is 1.14. The largest absolute Gasteiger partial charge is 0.465 e. The summed E-state index contributed by atoms with van der Waals surface area (Å²) in [7, 11) is 0. The molecule has 0 saturated heterocycles. The van der Waals surface area contributed by atoms with E-state index in [4.69, 9.17) is 4.74 Å². The van der Waals surface area contributed by atoms with E-state index in [1.54, 1.807) is 0 Å². The van der Waals surface area contributed by atoms with Gasteiger partial charge in [-0.1, -0.05) is 13.0 Å². The van der Waals surface area contributed by atoms with Gasteiger partial charge in [0, 0.05) is 18.8 Å². The lowest BCUT2D eigenvalue weighted by atomic mass is 10.4. The average molecular weight is 231 g/mol. The van der Waals surface area contributed by atoms with Crippen LogP contribution in [-0.2, 0) is 9.53 Å². The molecule has 0 unspecified atom stereocenters. The summed E-state index contributed by atoms with van der Waals surface area (Å²) in [6, 6.07) is 0. The van der Waals surface area contributed by atoms with Gasteiger partial charge in [-0.15, -0.1) is 6.58 Å². The predicted molar refractivity (Wildman–Crippen MR) is 66.3 cm³/mol. The van der Waals surface area contributed by atoms with Crippen molar-refractivity contribution in [3.63, 3.8) is 0 Å². The molecule has 0 fully saturated rings. The highest BCUT2D eigenvalue weighted by atomic mass is 32.2. The summed E-state index contributed by atoms with van der Waals surface area (Å²) in [5.41, 5.74) is 0. The number of nitrogens with zero attached hydrogens (tertiary/aromatic N) is 1. The van der Waals surface area contributed by atoms with Crippen LogP contribution in [0.25, 0.3) is 0 Å². The van der Waals surface area contributed by atoms with Crippen molar-refractivity contribution in [1.82, 2.24) is 4.90 Å². The molecule has 0 aromatic heterocycles. The topological polar surface area (TPSA) is 29.5 Å². The molecule has 0 aliphatic carbocycles. The van der Waals surface area contributed by atoms with Gasteiger partial charge in [-0.2, -0.15) is 11.8 Å². The van der Waals surface area contributed by atoms with Crippen LogP contribution in [0.5, 0.6) is 0 Å². The number of thioether (sulfide) groups is 1. The molecule has 0 saturated carbocycles. The lowest BCUT2D eigenvalue weighted by molar-refractivity contribution is -0.144. The molecule has 0 aliphatic rings. The quantitative estimate of drug-likeness (QED) is 0.344. The minimum Gasteiger partial charge on any atom is -0.465 e. The third-order valence-electron chi connectivity index (χ3n) is 1.80. The Hall–Kier alpha value is -0.480. The minimum absolute atomic E-state index is 0.152. The Balaban J connectivity index is 3.80. The molecule has 0 rings (SSSR count). The molecule has 3 nitrogen and oxygen atoms in total. The van der Waals surface area contributed by atoms with Gasteiger partial charge in [0.2, 0.25) is 0 Å². The van der Waals surface area contributed by atoms with Gasteiger partial charge in [0.25, 0.3) is 0 Å². The van der Waals surface area contributed by atoms with Crippen molar-refractivity contribution in [1.29, 1.82) is 0 Å². The smallest absolute Gasteiger partial charge is 0.320 e. The molecule has 0 atom stereocenters. The zero-order valence-electron chi connectivity index (χ0n) is 9.70. The van der Waals surface area contributed by atoms with Crippen molar-refractivity contribution in [3.05, 3.63) is 12.7 Å². The van der Waals surface area contributed by atoms with Gasteiger partial charge >= 0.3 is 5.97 Å². The van der Waals surface area contributed by atoms with E-state index >= 15 is 0 Å². The monoisotopic (exact) mass is 231 g/mol. The lowest BCUT2D eigenvalue weighted by Crippen LogP contribution is -2.33. The van der Waals surface area contributed by atoms with E-state index in [-0.39, 0.29) is 5.97 Å². The van der Waals surface area contributed by atoms with E-state index in [2.05, 4.69) is 13.5 Å². The van der Waals surface area contributed by atoms with Crippen LogP contribution in [0.1, 0.15) is 13.8 Å². The van der Waals surface area contributed by atoms with Crippen molar-refractivity contribution in [2.45, 2.75) is 13.8 Å². The first-order valence-electron chi connectivity index (χ1n) is 5.31. The zero-order valence-corrected chi connectivity index (χ0v) is 10.5. The molecule has 0 aliphatic heterocycles. The molecular weight excluding hydrogens is 210 g/mol. The van der Waals surface area contributed by atoms with Crippen molar-refractivity contribution in [3.8, 4) is 0 Å². The molecule has 0 aromatic carbocycles. The Morgan fingerprint density at radius 2 is 2.27 bits per heavy atom. The van der Waals surface area contributed by atoms with Crippen LogP contribution in [0.15, 0.2) is 12.7 Å². The van der Waals surface area contributed by atoms with Gasteiger partial charge in [-0.25, -0.2) is 0 Å². The number of hydrogen-bond donors (Lipinski definition) is 0. The van der Waals surface area contributed by atoms with Gasteiger partial charge in [0.15, 0.2) is 0 Å². The molecule has 88 valence electrons. The molecule has 0 spiro atoms. The Morgan fingerprint density at radius 3 is 2.80 bits per heavy atom. The summed E-state index contributed by atoms with van der Waals surface area (Å²) >= 11 is 1.87. The first kappa shape index (κ1) is 14.5. The molecule has 0 heterocycles. The van der Waals surface area contributed by atoms with E-state index < -0.39 is 0 Å². The highest BCUT2D eigenvalue weighted by molar-refractivity contribution is 7.99. The lowest BCUT2D eigenvalue weighted by Gasteiger charge is -2.18. The number of hydrogen-bond acceptors (Lipinski definition) is 4. The molecule has 0 bridgehead atoms. The van der Waals surface area contributed by atoms with Crippen LogP contribution in [-0.4, -0.2) is 48.6 Å². The first-order valence-corrected chi connectivity index (χ1v) is 6.46. The van der Waals surface area contributed by atoms with E-state index in [1.165, 1.54) is 0 Å². The summed E-state index contributed by atoms with van der Waals surface area (Å²) in [6.07, 6.45) is 1.82. The first-order chi connectivity index (χ1) is 7.24. The van der Waals surface area contributed by atoms with Gasteiger partial charge in [0.1, 0.15) is 0 Å². The molecular formula is C11H21NO2S. The van der Waals surface area contributed by atoms with Crippen molar-refractivity contribution in [2.75, 3.05) is 37.7 Å². The highest BCUT2D eigenvalue weighted by Gasteiger charge is 2.09. The number of ether oxygens (including phenoxy) is 1. The average Bonchev–Trinajstić information content (AvgIpc) is 2.18. The van der Waals surface area contributed by atoms with E-state index in [9.17, 15) is 4.79 Å². The standard InChI is InChI=1S/C11H21NO2S/c1-4-7-12(8-9-15-6-3)10-11(13)14-5-2/h4H,1,5-10H2,2-3H3. The van der Waals surface area contributed by atoms with Crippen molar-refractivity contribution >= 4 is 17.7 Å².